The molecule has 3 rings (SSSR count). The molecule has 0 aromatic carbocycles. The Morgan fingerprint density at radius 2 is 2.53 bits per heavy atom. The van der Waals surface area contributed by atoms with Crippen LogP contribution < -0.4 is 10.6 Å². The van der Waals surface area contributed by atoms with Gasteiger partial charge in [-0.1, -0.05) is 0 Å². The van der Waals surface area contributed by atoms with E-state index >= 15 is 0 Å². The van der Waals surface area contributed by atoms with Crippen molar-refractivity contribution in [3.63, 3.8) is 0 Å². The normalized spacial score (nSPS) is 22.8. The Kier molecular flexibility index (Phi) is 3.79. The fourth-order valence-corrected chi connectivity index (χ4v) is 2.67. The second-order valence-electron chi connectivity index (χ2n) is 5.12. The average molecular weight is 264 g/mol. The Balaban J connectivity index is 1.58. The number of carbonyl (C=O) groups is 1. The molecule has 1 aromatic heterocycles. The first kappa shape index (κ1) is 12.6. The topological polar surface area (TPSA) is 68.2 Å². The number of amides is 1. The maximum atomic E-state index is 12.0. The highest BCUT2D eigenvalue weighted by molar-refractivity contribution is 5.90. The lowest BCUT2D eigenvalue weighted by Gasteiger charge is -2.23. The number of anilines is 1. The number of aromatic nitrogens is 2. The number of fused-ring (bicyclic) bond motifs is 1. The van der Waals surface area contributed by atoms with Gasteiger partial charge in [0, 0.05) is 26.1 Å². The zero-order valence-electron chi connectivity index (χ0n) is 11.0. The van der Waals surface area contributed by atoms with Crippen molar-refractivity contribution in [2.75, 3.05) is 25.0 Å². The summed E-state index contributed by atoms with van der Waals surface area (Å²) in [5.74, 6) is 1.91. The third-order valence-electron chi connectivity index (χ3n) is 3.66. The zero-order valence-corrected chi connectivity index (χ0v) is 11.0. The molecule has 1 saturated heterocycles. The van der Waals surface area contributed by atoms with Gasteiger partial charge < -0.3 is 19.9 Å². The van der Waals surface area contributed by atoms with Gasteiger partial charge in [-0.15, -0.1) is 0 Å². The van der Waals surface area contributed by atoms with E-state index in [0.29, 0.717) is 13.0 Å². The van der Waals surface area contributed by atoms with Crippen molar-refractivity contribution >= 4 is 11.7 Å². The van der Waals surface area contributed by atoms with E-state index in [-0.39, 0.29) is 12.0 Å². The molecule has 0 aliphatic carbocycles. The zero-order chi connectivity index (χ0) is 13.1. The minimum Gasteiger partial charge on any atom is -0.375 e. The number of hydrogen-bond acceptors (Lipinski definition) is 4. The number of imidazole rings is 1. The average Bonchev–Trinajstić information content (AvgIpc) is 2.83. The minimum absolute atomic E-state index is 0.00183. The molecule has 3 heterocycles. The summed E-state index contributed by atoms with van der Waals surface area (Å²) in [4.78, 5) is 16.4. The molecule has 6 nitrogen and oxygen atoms in total. The predicted molar refractivity (Wildman–Crippen MR) is 71.0 cm³/mol. The summed E-state index contributed by atoms with van der Waals surface area (Å²) < 4.78 is 7.65. The Labute approximate surface area is 112 Å². The lowest BCUT2D eigenvalue weighted by atomic mass is 10.2. The smallest absolute Gasteiger partial charge is 0.228 e. The van der Waals surface area contributed by atoms with Crippen LogP contribution in [0.25, 0.3) is 0 Å². The third kappa shape index (κ3) is 2.96. The summed E-state index contributed by atoms with van der Waals surface area (Å²) in [6, 6.07) is 0. The largest absolute Gasteiger partial charge is 0.375 e. The van der Waals surface area contributed by atoms with Gasteiger partial charge in [-0.25, -0.2) is 4.98 Å². The summed E-state index contributed by atoms with van der Waals surface area (Å²) >= 11 is 0. The van der Waals surface area contributed by atoms with Crippen molar-refractivity contribution in [3.8, 4) is 0 Å². The van der Waals surface area contributed by atoms with Crippen LogP contribution in [0, 0.1) is 0 Å². The first-order chi connectivity index (χ1) is 9.33. The monoisotopic (exact) mass is 264 g/mol. The van der Waals surface area contributed by atoms with Crippen molar-refractivity contribution in [2.24, 2.45) is 0 Å². The predicted octanol–water partition coefficient (Wildman–Crippen LogP) is 0.536. The van der Waals surface area contributed by atoms with E-state index in [2.05, 4.69) is 20.2 Å². The van der Waals surface area contributed by atoms with E-state index in [0.717, 1.165) is 44.1 Å². The molecule has 2 aliphatic heterocycles. The molecule has 1 aromatic rings. The number of morpholine rings is 1. The Morgan fingerprint density at radius 1 is 1.58 bits per heavy atom. The SMILES string of the molecule is O=C(CC1CNCCO1)Nc1cnc2n1CCCC2. The number of hydrogen-bond donors (Lipinski definition) is 2. The summed E-state index contributed by atoms with van der Waals surface area (Å²) in [7, 11) is 0. The van der Waals surface area contributed by atoms with Crippen LogP contribution in [0.2, 0.25) is 0 Å². The standard InChI is InChI=1S/C13H20N4O2/c18-13(7-10-8-14-4-6-19-10)16-12-9-15-11-3-1-2-5-17(11)12/h9-10,14H,1-8H2,(H,16,18). The highest BCUT2D eigenvalue weighted by Crippen LogP contribution is 2.19. The second kappa shape index (κ2) is 5.71. The minimum atomic E-state index is -0.0162. The number of nitrogens with one attached hydrogen (secondary N) is 2. The van der Waals surface area contributed by atoms with Crippen molar-refractivity contribution < 1.29 is 9.53 Å². The number of carbonyl (C=O) groups excluding carboxylic acids is 1. The van der Waals surface area contributed by atoms with Gasteiger partial charge in [0.25, 0.3) is 0 Å². The van der Waals surface area contributed by atoms with E-state index in [4.69, 9.17) is 4.74 Å². The van der Waals surface area contributed by atoms with Crippen LogP contribution in [0.1, 0.15) is 25.1 Å². The van der Waals surface area contributed by atoms with Gasteiger partial charge >= 0.3 is 0 Å². The van der Waals surface area contributed by atoms with Gasteiger partial charge in [0.1, 0.15) is 11.6 Å². The van der Waals surface area contributed by atoms with Crippen LogP contribution in [0.5, 0.6) is 0 Å². The number of ether oxygens (including phenoxy) is 1. The van der Waals surface area contributed by atoms with Crippen LogP contribution in [-0.4, -0.2) is 41.3 Å². The summed E-state index contributed by atoms with van der Waals surface area (Å²) in [6.07, 6.45) is 5.49. The Hall–Kier alpha value is -1.40. The van der Waals surface area contributed by atoms with Crippen molar-refractivity contribution in [1.29, 1.82) is 0 Å². The van der Waals surface area contributed by atoms with Crippen LogP contribution in [0.3, 0.4) is 0 Å². The molecule has 19 heavy (non-hydrogen) atoms. The molecule has 2 aliphatic rings. The molecule has 1 amide bonds. The van der Waals surface area contributed by atoms with Gasteiger partial charge in [0.05, 0.1) is 25.3 Å². The molecular formula is C13H20N4O2. The summed E-state index contributed by atoms with van der Waals surface area (Å²) in [6.45, 7) is 3.25. The molecule has 0 bridgehead atoms. The molecule has 0 saturated carbocycles. The van der Waals surface area contributed by atoms with E-state index in [1.165, 1.54) is 6.42 Å². The lowest BCUT2D eigenvalue weighted by Crippen LogP contribution is -2.40. The van der Waals surface area contributed by atoms with Gasteiger partial charge in [0.2, 0.25) is 5.91 Å². The molecule has 6 heteroatoms. The second-order valence-corrected chi connectivity index (χ2v) is 5.12. The van der Waals surface area contributed by atoms with Crippen LogP contribution in [0.4, 0.5) is 5.82 Å². The maximum Gasteiger partial charge on any atom is 0.228 e. The van der Waals surface area contributed by atoms with Crippen LogP contribution in [0.15, 0.2) is 6.20 Å². The number of aryl methyl sites for hydroxylation is 1. The van der Waals surface area contributed by atoms with E-state index in [1.54, 1.807) is 6.20 Å². The molecular weight excluding hydrogens is 244 g/mol. The van der Waals surface area contributed by atoms with Crippen LogP contribution in [-0.2, 0) is 22.5 Å². The van der Waals surface area contributed by atoms with Crippen molar-refractivity contribution in [1.82, 2.24) is 14.9 Å². The fourth-order valence-electron chi connectivity index (χ4n) is 2.67. The van der Waals surface area contributed by atoms with Gasteiger partial charge in [0.15, 0.2) is 0 Å². The number of rotatable bonds is 3. The van der Waals surface area contributed by atoms with Crippen LogP contribution >= 0.6 is 0 Å². The first-order valence-corrected chi connectivity index (χ1v) is 6.99. The molecule has 2 N–H and O–H groups in total. The Morgan fingerprint density at radius 3 is 3.37 bits per heavy atom. The molecule has 0 radical (unpaired) electrons. The van der Waals surface area contributed by atoms with Crippen molar-refractivity contribution in [2.45, 2.75) is 38.3 Å². The fraction of sp³-hybridized carbons (Fsp3) is 0.692. The lowest BCUT2D eigenvalue weighted by molar-refractivity contribution is -0.119. The quantitative estimate of drug-likeness (QED) is 0.836. The number of nitrogens with zero attached hydrogens (tertiary/aromatic N) is 2. The molecule has 0 spiro atoms. The van der Waals surface area contributed by atoms with E-state index in [1.807, 2.05) is 0 Å². The molecule has 1 fully saturated rings. The van der Waals surface area contributed by atoms with Crippen molar-refractivity contribution in [3.05, 3.63) is 12.0 Å². The molecule has 1 unspecified atom stereocenters. The maximum absolute atomic E-state index is 12.0. The summed E-state index contributed by atoms with van der Waals surface area (Å²) in [5, 5.41) is 6.18. The van der Waals surface area contributed by atoms with Gasteiger partial charge in [-0.2, -0.15) is 0 Å². The highest BCUT2D eigenvalue weighted by atomic mass is 16.5. The van der Waals surface area contributed by atoms with E-state index in [9.17, 15) is 4.79 Å². The van der Waals surface area contributed by atoms with Gasteiger partial charge in [-0.05, 0) is 12.8 Å². The van der Waals surface area contributed by atoms with E-state index < -0.39 is 0 Å². The summed E-state index contributed by atoms with van der Waals surface area (Å²) in [5.41, 5.74) is 0. The Bertz CT molecular complexity index is 451. The highest BCUT2D eigenvalue weighted by Gasteiger charge is 2.19. The molecule has 104 valence electrons. The third-order valence-corrected chi connectivity index (χ3v) is 3.66. The van der Waals surface area contributed by atoms with Gasteiger partial charge in [-0.3, -0.25) is 4.79 Å². The first-order valence-electron chi connectivity index (χ1n) is 6.99. The molecule has 1 atom stereocenters.